The smallest absolute Gasteiger partial charge is 0.159 e. The van der Waals surface area contributed by atoms with Crippen LogP contribution in [0.1, 0.15) is 24.7 Å². The Hall–Kier alpha value is -1.75. The molecule has 0 amide bonds. The van der Waals surface area contributed by atoms with Crippen LogP contribution in [0.15, 0.2) is 30.6 Å². The lowest BCUT2D eigenvalue weighted by molar-refractivity contribution is 0.487. The Morgan fingerprint density at radius 1 is 1.25 bits per heavy atom. The van der Waals surface area contributed by atoms with E-state index in [1.54, 1.807) is 18.5 Å². The summed E-state index contributed by atoms with van der Waals surface area (Å²) in [6, 6.07) is 4.21. The molecule has 0 aliphatic carbocycles. The second-order valence-corrected chi connectivity index (χ2v) is 4.84. The van der Waals surface area contributed by atoms with E-state index < -0.39 is 11.6 Å². The van der Waals surface area contributed by atoms with Crippen molar-refractivity contribution in [2.75, 3.05) is 6.54 Å². The van der Waals surface area contributed by atoms with Gasteiger partial charge in [-0.15, -0.1) is 0 Å². The predicted octanol–water partition coefficient (Wildman–Crippen LogP) is 2.84. The Balaban J connectivity index is 2.04. The predicted molar refractivity (Wildman–Crippen MR) is 74.4 cm³/mol. The van der Waals surface area contributed by atoms with E-state index in [1.165, 1.54) is 12.1 Å². The lowest BCUT2D eigenvalue weighted by Crippen LogP contribution is -2.34. The molecule has 0 saturated heterocycles. The number of imidazole rings is 1. The van der Waals surface area contributed by atoms with E-state index in [4.69, 9.17) is 0 Å². The molecule has 1 unspecified atom stereocenters. The van der Waals surface area contributed by atoms with Gasteiger partial charge in [0.25, 0.3) is 0 Å². The highest BCUT2D eigenvalue weighted by Gasteiger charge is 2.12. The average molecular weight is 279 g/mol. The SMILES string of the molecule is CCCNC(Cc1ccc(F)c(F)c1)Cc1ncc[nH]1. The third kappa shape index (κ3) is 4.13. The van der Waals surface area contributed by atoms with Crippen molar-refractivity contribution in [3.05, 3.63) is 53.6 Å². The fraction of sp³-hybridized carbons (Fsp3) is 0.400. The topological polar surface area (TPSA) is 40.7 Å². The van der Waals surface area contributed by atoms with Gasteiger partial charge in [-0.1, -0.05) is 13.0 Å². The van der Waals surface area contributed by atoms with E-state index in [9.17, 15) is 8.78 Å². The first-order valence-electron chi connectivity index (χ1n) is 6.84. The number of nitrogens with one attached hydrogen (secondary N) is 2. The van der Waals surface area contributed by atoms with Crippen LogP contribution in [-0.2, 0) is 12.8 Å². The summed E-state index contributed by atoms with van der Waals surface area (Å²) in [5, 5.41) is 3.41. The van der Waals surface area contributed by atoms with Crippen molar-refractivity contribution < 1.29 is 8.78 Å². The van der Waals surface area contributed by atoms with E-state index in [0.717, 1.165) is 30.8 Å². The molecule has 0 aliphatic rings. The fourth-order valence-corrected chi connectivity index (χ4v) is 2.16. The summed E-state index contributed by atoms with van der Waals surface area (Å²) in [5.74, 6) is -0.714. The minimum atomic E-state index is -0.808. The summed E-state index contributed by atoms with van der Waals surface area (Å²) >= 11 is 0. The van der Waals surface area contributed by atoms with Crippen LogP contribution < -0.4 is 5.32 Å². The largest absolute Gasteiger partial charge is 0.349 e. The first kappa shape index (κ1) is 14.7. The fourth-order valence-electron chi connectivity index (χ4n) is 2.16. The number of hydrogen-bond acceptors (Lipinski definition) is 2. The number of halogens is 2. The molecule has 0 fully saturated rings. The van der Waals surface area contributed by atoms with E-state index in [-0.39, 0.29) is 6.04 Å². The summed E-state index contributed by atoms with van der Waals surface area (Å²) in [6.45, 7) is 2.98. The van der Waals surface area contributed by atoms with Crippen LogP contribution in [0.3, 0.4) is 0 Å². The summed E-state index contributed by atoms with van der Waals surface area (Å²) in [4.78, 5) is 7.27. The number of hydrogen-bond donors (Lipinski definition) is 2. The maximum atomic E-state index is 13.2. The lowest BCUT2D eigenvalue weighted by atomic mass is 10.0. The molecule has 108 valence electrons. The second-order valence-electron chi connectivity index (χ2n) is 4.84. The minimum Gasteiger partial charge on any atom is -0.349 e. The zero-order valence-electron chi connectivity index (χ0n) is 11.5. The van der Waals surface area contributed by atoms with Crippen molar-refractivity contribution in [1.29, 1.82) is 0 Å². The number of nitrogens with zero attached hydrogens (tertiary/aromatic N) is 1. The van der Waals surface area contributed by atoms with Gasteiger partial charge in [0, 0.05) is 24.9 Å². The maximum Gasteiger partial charge on any atom is 0.159 e. The normalized spacial score (nSPS) is 12.6. The molecule has 1 heterocycles. The molecular weight excluding hydrogens is 260 g/mol. The molecule has 0 spiro atoms. The Bertz CT molecular complexity index is 526. The van der Waals surface area contributed by atoms with Crippen molar-refractivity contribution in [2.45, 2.75) is 32.2 Å². The van der Waals surface area contributed by atoms with Gasteiger partial charge < -0.3 is 10.3 Å². The highest BCUT2D eigenvalue weighted by atomic mass is 19.2. The van der Waals surface area contributed by atoms with Crippen molar-refractivity contribution in [3.8, 4) is 0 Å². The second kappa shape index (κ2) is 7.14. The maximum absolute atomic E-state index is 13.2. The quantitative estimate of drug-likeness (QED) is 0.818. The number of rotatable bonds is 7. The molecule has 1 aromatic carbocycles. The third-order valence-corrected chi connectivity index (χ3v) is 3.14. The highest BCUT2D eigenvalue weighted by molar-refractivity contribution is 5.19. The molecule has 1 atom stereocenters. The van der Waals surface area contributed by atoms with Crippen molar-refractivity contribution in [3.63, 3.8) is 0 Å². The number of aromatic nitrogens is 2. The Labute approximate surface area is 117 Å². The van der Waals surface area contributed by atoms with Gasteiger partial charge in [0.15, 0.2) is 11.6 Å². The van der Waals surface area contributed by atoms with Gasteiger partial charge in [0.2, 0.25) is 0 Å². The number of benzene rings is 1. The standard InChI is InChI=1S/C15H19F2N3/c1-2-5-18-12(10-15-19-6-7-20-15)8-11-3-4-13(16)14(17)9-11/h3-4,6-7,9,12,18H,2,5,8,10H2,1H3,(H,19,20). The summed E-state index contributed by atoms with van der Waals surface area (Å²) in [6.07, 6.45) is 5.88. The molecule has 1 aromatic heterocycles. The van der Waals surface area contributed by atoms with Gasteiger partial charge in [-0.3, -0.25) is 0 Å². The summed E-state index contributed by atoms with van der Waals surface area (Å²) in [7, 11) is 0. The molecule has 0 bridgehead atoms. The highest BCUT2D eigenvalue weighted by Crippen LogP contribution is 2.12. The lowest BCUT2D eigenvalue weighted by Gasteiger charge is -2.17. The molecular formula is C15H19F2N3. The van der Waals surface area contributed by atoms with Gasteiger partial charge in [-0.2, -0.15) is 0 Å². The molecule has 2 N–H and O–H groups in total. The van der Waals surface area contributed by atoms with Gasteiger partial charge in [0.1, 0.15) is 5.82 Å². The number of H-pyrrole nitrogens is 1. The molecule has 2 rings (SSSR count). The number of aromatic amines is 1. The Morgan fingerprint density at radius 3 is 2.75 bits per heavy atom. The van der Waals surface area contributed by atoms with Gasteiger partial charge in [-0.05, 0) is 37.1 Å². The molecule has 20 heavy (non-hydrogen) atoms. The first-order valence-corrected chi connectivity index (χ1v) is 6.84. The van der Waals surface area contributed by atoms with Crippen LogP contribution in [0.2, 0.25) is 0 Å². The molecule has 2 aromatic rings. The zero-order valence-corrected chi connectivity index (χ0v) is 11.5. The molecule has 3 nitrogen and oxygen atoms in total. The van der Waals surface area contributed by atoms with Crippen molar-refractivity contribution in [1.82, 2.24) is 15.3 Å². The average Bonchev–Trinajstić information content (AvgIpc) is 2.93. The van der Waals surface area contributed by atoms with Crippen LogP contribution in [-0.4, -0.2) is 22.6 Å². The molecule has 0 saturated carbocycles. The zero-order chi connectivity index (χ0) is 14.4. The summed E-state index contributed by atoms with van der Waals surface area (Å²) < 4.78 is 26.2. The van der Waals surface area contributed by atoms with Crippen LogP contribution in [0.25, 0.3) is 0 Å². The van der Waals surface area contributed by atoms with Gasteiger partial charge >= 0.3 is 0 Å². The molecule has 0 aliphatic heterocycles. The van der Waals surface area contributed by atoms with E-state index in [1.807, 2.05) is 0 Å². The van der Waals surface area contributed by atoms with E-state index in [2.05, 4.69) is 22.2 Å². The van der Waals surface area contributed by atoms with Gasteiger partial charge in [0.05, 0.1) is 0 Å². The third-order valence-electron chi connectivity index (χ3n) is 3.14. The molecule has 5 heteroatoms. The summed E-state index contributed by atoms with van der Waals surface area (Å²) in [5.41, 5.74) is 0.782. The van der Waals surface area contributed by atoms with E-state index in [0.29, 0.717) is 6.42 Å². The van der Waals surface area contributed by atoms with Crippen LogP contribution in [0, 0.1) is 11.6 Å². The first-order chi connectivity index (χ1) is 9.69. The van der Waals surface area contributed by atoms with Crippen LogP contribution >= 0.6 is 0 Å². The van der Waals surface area contributed by atoms with Crippen molar-refractivity contribution >= 4 is 0 Å². The Morgan fingerprint density at radius 2 is 2.10 bits per heavy atom. The van der Waals surface area contributed by atoms with E-state index >= 15 is 0 Å². The van der Waals surface area contributed by atoms with Gasteiger partial charge in [-0.25, -0.2) is 13.8 Å². The van der Waals surface area contributed by atoms with Crippen LogP contribution in [0.4, 0.5) is 8.78 Å². The van der Waals surface area contributed by atoms with Crippen molar-refractivity contribution in [2.24, 2.45) is 0 Å². The Kier molecular flexibility index (Phi) is 5.24. The minimum absolute atomic E-state index is 0.144. The monoisotopic (exact) mass is 279 g/mol. The molecule has 0 radical (unpaired) electrons. The van der Waals surface area contributed by atoms with Crippen LogP contribution in [0.5, 0.6) is 0 Å².